The van der Waals surface area contributed by atoms with Gasteiger partial charge < -0.3 is 0 Å². The highest BCUT2D eigenvalue weighted by molar-refractivity contribution is 6.28. The van der Waals surface area contributed by atoms with E-state index < -0.39 is 0 Å². The van der Waals surface area contributed by atoms with Crippen LogP contribution in [0.3, 0.4) is 0 Å². The van der Waals surface area contributed by atoms with E-state index in [1.54, 1.807) is 24.3 Å². The van der Waals surface area contributed by atoms with Crippen LogP contribution in [-0.4, -0.2) is 15.8 Å². The third-order valence-corrected chi connectivity index (χ3v) is 2.32. The summed E-state index contributed by atoms with van der Waals surface area (Å²) in [5, 5.41) is 8.68. The molecule has 1 aromatic heterocycles. The van der Waals surface area contributed by atoms with Crippen LogP contribution in [0.1, 0.15) is 21.6 Å². The predicted molar refractivity (Wildman–Crippen MR) is 61.6 cm³/mol. The number of halogens is 1. The minimum Gasteiger partial charge on any atom is -0.287 e. The summed E-state index contributed by atoms with van der Waals surface area (Å²) >= 11 is 5.61. The minimum absolute atomic E-state index is 0.0319. The molecule has 4 nitrogen and oxygen atoms in total. The molecule has 0 aliphatic heterocycles. The molecule has 17 heavy (non-hydrogen) atoms. The SMILES string of the molecule is N#Cc1ccc(C(=O)c2ccnc(Cl)n2)cc1. The van der Waals surface area contributed by atoms with Gasteiger partial charge in [0, 0.05) is 11.8 Å². The van der Waals surface area contributed by atoms with Gasteiger partial charge >= 0.3 is 0 Å². The van der Waals surface area contributed by atoms with Crippen LogP contribution in [0.15, 0.2) is 36.5 Å². The summed E-state index contributed by atoms with van der Waals surface area (Å²) in [5.41, 5.74) is 1.19. The smallest absolute Gasteiger partial charge is 0.222 e. The fraction of sp³-hybridized carbons (Fsp3) is 0. The number of nitriles is 1. The van der Waals surface area contributed by atoms with Crippen LogP contribution in [0, 0.1) is 11.3 Å². The summed E-state index contributed by atoms with van der Waals surface area (Å²) in [6.07, 6.45) is 1.42. The lowest BCUT2D eigenvalue weighted by Gasteiger charge is -2.00. The number of hydrogen-bond donors (Lipinski definition) is 0. The van der Waals surface area contributed by atoms with E-state index >= 15 is 0 Å². The summed E-state index contributed by atoms with van der Waals surface area (Å²) in [6.45, 7) is 0. The van der Waals surface area contributed by atoms with Crippen LogP contribution >= 0.6 is 11.6 Å². The molecule has 0 aliphatic carbocycles. The van der Waals surface area contributed by atoms with Gasteiger partial charge in [-0.1, -0.05) is 0 Å². The highest BCUT2D eigenvalue weighted by Gasteiger charge is 2.10. The molecule has 1 aromatic carbocycles. The quantitative estimate of drug-likeness (QED) is 0.599. The third kappa shape index (κ3) is 2.47. The lowest BCUT2D eigenvalue weighted by atomic mass is 10.1. The van der Waals surface area contributed by atoms with Crippen LogP contribution < -0.4 is 0 Å². The van der Waals surface area contributed by atoms with Gasteiger partial charge in [-0.2, -0.15) is 5.26 Å². The molecule has 0 N–H and O–H groups in total. The van der Waals surface area contributed by atoms with E-state index in [-0.39, 0.29) is 16.8 Å². The third-order valence-electron chi connectivity index (χ3n) is 2.14. The number of hydrogen-bond acceptors (Lipinski definition) is 4. The van der Waals surface area contributed by atoms with Gasteiger partial charge in [-0.05, 0) is 41.9 Å². The van der Waals surface area contributed by atoms with Gasteiger partial charge in [0.1, 0.15) is 5.69 Å². The first kappa shape index (κ1) is 11.2. The summed E-state index contributed by atoms with van der Waals surface area (Å²) < 4.78 is 0. The lowest BCUT2D eigenvalue weighted by molar-refractivity contribution is 0.103. The number of aromatic nitrogens is 2. The summed E-state index contributed by atoms with van der Waals surface area (Å²) in [4.78, 5) is 19.5. The number of ketones is 1. The fourth-order valence-electron chi connectivity index (χ4n) is 1.31. The maximum absolute atomic E-state index is 12.0. The number of nitrogens with zero attached hydrogens (tertiary/aromatic N) is 3. The van der Waals surface area contributed by atoms with Crippen LogP contribution in [0.5, 0.6) is 0 Å². The minimum atomic E-state index is -0.251. The average molecular weight is 244 g/mol. The summed E-state index contributed by atoms with van der Waals surface area (Å²) in [7, 11) is 0. The Morgan fingerprint density at radius 2 is 1.94 bits per heavy atom. The molecular formula is C12H6ClN3O. The standard InChI is InChI=1S/C12H6ClN3O/c13-12-15-6-5-10(16-12)11(17)9-3-1-8(7-14)2-4-9/h1-6H. The zero-order valence-electron chi connectivity index (χ0n) is 8.59. The van der Waals surface area contributed by atoms with Crippen molar-refractivity contribution in [1.29, 1.82) is 5.26 Å². The van der Waals surface area contributed by atoms with E-state index in [2.05, 4.69) is 9.97 Å². The second-order valence-corrected chi connectivity index (χ2v) is 3.57. The van der Waals surface area contributed by atoms with Gasteiger partial charge in [0.05, 0.1) is 11.6 Å². The van der Waals surface area contributed by atoms with Crippen molar-refractivity contribution in [2.24, 2.45) is 0 Å². The molecule has 0 amide bonds. The first-order valence-electron chi connectivity index (χ1n) is 4.74. The Morgan fingerprint density at radius 3 is 2.53 bits per heavy atom. The molecule has 0 atom stereocenters. The topological polar surface area (TPSA) is 66.6 Å². The van der Waals surface area contributed by atoms with Gasteiger partial charge in [-0.3, -0.25) is 4.79 Å². The van der Waals surface area contributed by atoms with Crippen molar-refractivity contribution in [3.63, 3.8) is 0 Å². The molecule has 82 valence electrons. The Bertz CT molecular complexity index is 602. The summed E-state index contributed by atoms with van der Waals surface area (Å²) in [6, 6.07) is 9.80. The van der Waals surface area contributed by atoms with Gasteiger partial charge in [0.15, 0.2) is 0 Å². The van der Waals surface area contributed by atoms with Crippen molar-refractivity contribution in [3.05, 3.63) is 58.6 Å². The second kappa shape index (κ2) is 4.73. The molecule has 2 rings (SSSR count). The van der Waals surface area contributed by atoms with Crippen LogP contribution in [0.4, 0.5) is 0 Å². The Balaban J connectivity index is 2.34. The first-order valence-corrected chi connectivity index (χ1v) is 5.12. The number of benzene rings is 1. The highest BCUT2D eigenvalue weighted by atomic mass is 35.5. The Morgan fingerprint density at radius 1 is 1.24 bits per heavy atom. The largest absolute Gasteiger partial charge is 0.287 e. The normalized spacial score (nSPS) is 9.65. The van der Waals surface area contributed by atoms with Gasteiger partial charge in [0.2, 0.25) is 11.1 Å². The molecule has 0 fully saturated rings. The lowest BCUT2D eigenvalue weighted by Crippen LogP contribution is -2.04. The second-order valence-electron chi connectivity index (χ2n) is 3.23. The molecule has 0 radical (unpaired) electrons. The average Bonchev–Trinajstić information content (AvgIpc) is 2.38. The fourth-order valence-corrected chi connectivity index (χ4v) is 1.45. The monoisotopic (exact) mass is 243 g/mol. The van der Waals surface area contributed by atoms with Gasteiger partial charge in [-0.25, -0.2) is 9.97 Å². The van der Waals surface area contributed by atoms with Gasteiger partial charge in [0.25, 0.3) is 0 Å². The molecule has 0 unspecified atom stereocenters. The van der Waals surface area contributed by atoms with Crippen molar-refractivity contribution in [2.45, 2.75) is 0 Å². The molecule has 0 spiro atoms. The van der Waals surface area contributed by atoms with E-state index in [1.807, 2.05) is 6.07 Å². The zero-order chi connectivity index (χ0) is 12.3. The van der Waals surface area contributed by atoms with Crippen LogP contribution in [0.2, 0.25) is 5.28 Å². The Kier molecular flexibility index (Phi) is 3.12. The molecule has 0 bridgehead atoms. The number of carbonyl (C=O) groups excluding carboxylic acids is 1. The predicted octanol–water partition coefficient (Wildman–Crippen LogP) is 2.23. The highest BCUT2D eigenvalue weighted by Crippen LogP contribution is 2.10. The van der Waals surface area contributed by atoms with E-state index in [0.29, 0.717) is 11.1 Å². The maximum Gasteiger partial charge on any atom is 0.222 e. The first-order chi connectivity index (χ1) is 8.20. The van der Waals surface area contributed by atoms with Crippen molar-refractivity contribution in [3.8, 4) is 6.07 Å². The van der Waals surface area contributed by atoms with E-state index in [1.165, 1.54) is 12.3 Å². The van der Waals surface area contributed by atoms with E-state index in [4.69, 9.17) is 16.9 Å². The Labute approximate surface area is 103 Å². The van der Waals surface area contributed by atoms with Gasteiger partial charge in [-0.15, -0.1) is 0 Å². The van der Waals surface area contributed by atoms with Crippen molar-refractivity contribution in [2.75, 3.05) is 0 Å². The molecular weight excluding hydrogens is 238 g/mol. The van der Waals surface area contributed by atoms with Crippen molar-refractivity contribution < 1.29 is 4.79 Å². The molecule has 2 aromatic rings. The van der Waals surface area contributed by atoms with Crippen molar-refractivity contribution >= 4 is 17.4 Å². The summed E-state index contributed by atoms with van der Waals surface area (Å²) in [5.74, 6) is -0.251. The molecule has 1 heterocycles. The molecule has 5 heteroatoms. The van der Waals surface area contributed by atoms with E-state index in [0.717, 1.165) is 0 Å². The zero-order valence-corrected chi connectivity index (χ0v) is 9.35. The molecule has 0 saturated heterocycles. The van der Waals surface area contributed by atoms with Crippen LogP contribution in [-0.2, 0) is 0 Å². The van der Waals surface area contributed by atoms with Crippen molar-refractivity contribution in [1.82, 2.24) is 9.97 Å². The number of carbonyl (C=O) groups is 1. The molecule has 0 saturated carbocycles. The van der Waals surface area contributed by atoms with E-state index in [9.17, 15) is 4.79 Å². The van der Waals surface area contributed by atoms with Crippen LogP contribution in [0.25, 0.3) is 0 Å². The number of rotatable bonds is 2. The molecule has 0 aliphatic rings. The maximum atomic E-state index is 12.0. The Hall–Kier alpha value is -2.25.